The van der Waals surface area contributed by atoms with E-state index in [1.165, 1.54) is 5.56 Å². The van der Waals surface area contributed by atoms with E-state index in [1.54, 1.807) is 24.3 Å². The van der Waals surface area contributed by atoms with Crippen molar-refractivity contribution in [1.29, 1.82) is 0 Å². The average Bonchev–Trinajstić information content (AvgIpc) is 3.03. The molecule has 0 aromatic heterocycles. The fraction of sp³-hybridized carbons (Fsp3) is 0.375. The first-order valence-corrected chi connectivity index (χ1v) is 10.7. The molecule has 3 amide bonds. The molecular weight excluding hydrogens is 392 g/mol. The molecular formula is C24H28N4O3. The van der Waals surface area contributed by atoms with E-state index < -0.39 is 0 Å². The minimum Gasteiger partial charge on any atom is -0.352 e. The second-order valence-electron chi connectivity index (χ2n) is 8.23. The monoisotopic (exact) mass is 420 g/mol. The highest BCUT2D eigenvalue weighted by Crippen LogP contribution is 2.22. The molecule has 0 unspecified atom stereocenters. The molecule has 0 atom stereocenters. The van der Waals surface area contributed by atoms with Crippen LogP contribution in [0.15, 0.2) is 48.5 Å². The molecule has 7 nitrogen and oxygen atoms in total. The zero-order valence-electron chi connectivity index (χ0n) is 17.8. The molecule has 1 saturated heterocycles. The molecule has 2 aliphatic rings. The number of nitrogens with zero attached hydrogens (tertiary/aromatic N) is 3. The molecule has 31 heavy (non-hydrogen) atoms. The van der Waals surface area contributed by atoms with Crippen molar-refractivity contribution in [2.45, 2.75) is 19.5 Å². The van der Waals surface area contributed by atoms with Crippen LogP contribution in [0.2, 0.25) is 0 Å². The van der Waals surface area contributed by atoms with Crippen LogP contribution in [0, 0.1) is 0 Å². The number of hydrogen-bond acceptors (Lipinski definition) is 5. The lowest BCUT2D eigenvalue weighted by Gasteiger charge is -2.32. The summed E-state index contributed by atoms with van der Waals surface area (Å²) >= 11 is 0. The Bertz CT molecular complexity index is 947. The summed E-state index contributed by atoms with van der Waals surface area (Å²) in [5.74, 6) is -0.837. The number of fused-ring (bicyclic) bond motifs is 1. The molecule has 2 aliphatic heterocycles. The normalized spacial score (nSPS) is 17.1. The number of carbonyl (C=O) groups excluding carboxylic acids is 3. The van der Waals surface area contributed by atoms with Gasteiger partial charge in [-0.3, -0.25) is 24.2 Å². The van der Waals surface area contributed by atoms with Gasteiger partial charge in [0.15, 0.2) is 0 Å². The van der Waals surface area contributed by atoms with Gasteiger partial charge in [0.05, 0.1) is 11.1 Å². The second kappa shape index (κ2) is 9.41. The lowest BCUT2D eigenvalue weighted by atomic mass is 10.1. The zero-order valence-corrected chi connectivity index (χ0v) is 17.8. The van der Waals surface area contributed by atoms with Crippen LogP contribution in [-0.2, 0) is 17.9 Å². The Labute approximate surface area is 182 Å². The maximum atomic E-state index is 12.4. The number of piperazine rings is 1. The molecule has 0 radical (unpaired) electrons. The van der Waals surface area contributed by atoms with Crippen LogP contribution < -0.4 is 5.32 Å². The third-order valence-electron chi connectivity index (χ3n) is 5.92. The van der Waals surface area contributed by atoms with Gasteiger partial charge in [-0.25, -0.2) is 0 Å². The lowest BCUT2D eigenvalue weighted by molar-refractivity contribution is -0.121. The zero-order chi connectivity index (χ0) is 21.8. The van der Waals surface area contributed by atoms with Crippen molar-refractivity contribution in [3.8, 4) is 0 Å². The van der Waals surface area contributed by atoms with Gasteiger partial charge in [0.1, 0.15) is 0 Å². The number of imide groups is 1. The third kappa shape index (κ3) is 5.00. The minimum atomic E-state index is -0.329. The Morgan fingerprint density at radius 2 is 1.55 bits per heavy atom. The summed E-state index contributed by atoms with van der Waals surface area (Å²) in [6, 6.07) is 15.0. The largest absolute Gasteiger partial charge is 0.352 e. The minimum absolute atomic E-state index is 0.0849. The molecule has 0 aliphatic carbocycles. The summed E-state index contributed by atoms with van der Waals surface area (Å²) in [6.45, 7) is 5.73. The Kier molecular flexibility index (Phi) is 6.44. The third-order valence-corrected chi connectivity index (χ3v) is 5.92. The van der Waals surface area contributed by atoms with Gasteiger partial charge in [-0.2, -0.15) is 0 Å². The maximum absolute atomic E-state index is 12.4. The van der Waals surface area contributed by atoms with Crippen LogP contribution in [0.25, 0.3) is 0 Å². The average molecular weight is 421 g/mol. The first-order chi connectivity index (χ1) is 15.0. The highest BCUT2D eigenvalue weighted by molar-refractivity contribution is 6.21. The van der Waals surface area contributed by atoms with E-state index in [0.29, 0.717) is 17.7 Å². The number of hydrogen-bond donors (Lipinski definition) is 1. The summed E-state index contributed by atoms with van der Waals surface area (Å²) in [7, 11) is 2.15. The summed E-state index contributed by atoms with van der Waals surface area (Å²) in [4.78, 5) is 43.0. The molecule has 1 fully saturated rings. The van der Waals surface area contributed by atoms with Gasteiger partial charge >= 0.3 is 0 Å². The van der Waals surface area contributed by atoms with E-state index in [2.05, 4.69) is 34.3 Å². The standard InChI is InChI=1S/C24H28N4O3/c1-26-11-13-27(14-12-26)17-19-6-4-5-18(15-19)16-25-22(29)9-10-28-23(30)20-7-2-3-8-21(20)24(28)31/h2-8,15H,9-14,16-17H2,1H3,(H,25,29). The van der Waals surface area contributed by atoms with E-state index in [4.69, 9.17) is 0 Å². The van der Waals surface area contributed by atoms with E-state index in [-0.39, 0.29) is 30.7 Å². The number of carbonyl (C=O) groups is 3. The smallest absolute Gasteiger partial charge is 0.261 e. The SMILES string of the molecule is CN1CCN(Cc2cccc(CNC(=O)CCN3C(=O)c4ccccc4C3=O)c2)CC1. The van der Waals surface area contributed by atoms with E-state index in [1.807, 2.05) is 12.1 Å². The summed E-state index contributed by atoms with van der Waals surface area (Å²) in [5, 5.41) is 2.90. The van der Waals surface area contributed by atoms with Gasteiger partial charge < -0.3 is 10.2 Å². The number of likely N-dealkylation sites (N-methyl/N-ethyl adjacent to an activating group) is 1. The predicted octanol–water partition coefficient (Wildman–Crippen LogP) is 1.74. The lowest BCUT2D eigenvalue weighted by Crippen LogP contribution is -2.43. The summed E-state index contributed by atoms with van der Waals surface area (Å²) in [5.41, 5.74) is 3.10. The van der Waals surface area contributed by atoms with Crippen molar-refractivity contribution in [2.24, 2.45) is 0 Å². The Morgan fingerprint density at radius 1 is 0.903 bits per heavy atom. The van der Waals surface area contributed by atoms with Crippen LogP contribution in [0.5, 0.6) is 0 Å². The van der Waals surface area contributed by atoms with Crippen LogP contribution in [0.4, 0.5) is 0 Å². The molecule has 0 spiro atoms. The second-order valence-corrected chi connectivity index (χ2v) is 8.23. The topological polar surface area (TPSA) is 73.0 Å². The molecule has 2 heterocycles. The van der Waals surface area contributed by atoms with Gasteiger partial charge in [-0.05, 0) is 30.3 Å². The number of benzene rings is 2. The van der Waals surface area contributed by atoms with Crippen molar-refractivity contribution in [2.75, 3.05) is 39.8 Å². The first kappa shape index (κ1) is 21.2. The highest BCUT2D eigenvalue weighted by atomic mass is 16.2. The molecule has 162 valence electrons. The summed E-state index contributed by atoms with van der Waals surface area (Å²) < 4.78 is 0. The van der Waals surface area contributed by atoms with E-state index in [0.717, 1.165) is 43.2 Å². The molecule has 2 aromatic carbocycles. The van der Waals surface area contributed by atoms with Gasteiger partial charge in [0.25, 0.3) is 11.8 Å². The fourth-order valence-electron chi connectivity index (χ4n) is 4.05. The van der Waals surface area contributed by atoms with E-state index >= 15 is 0 Å². The van der Waals surface area contributed by atoms with Crippen molar-refractivity contribution in [3.63, 3.8) is 0 Å². The predicted molar refractivity (Wildman–Crippen MR) is 117 cm³/mol. The quantitative estimate of drug-likeness (QED) is 0.691. The van der Waals surface area contributed by atoms with E-state index in [9.17, 15) is 14.4 Å². The van der Waals surface area contributed by atoms with Crippen LogP contribution >= 0.6 is 0 Å². The number of nitrogens with one attached hydrogen (secondary N) is 1. The van der Waals surface area contributed by atoms with Crippen molar-refractivity contribution in [3.05, 3.63) is 70.8 Å². The van der Waals surface area contributed by atoms with Crippen LogP contribution in [0.3, 0.4) is 0 Å². The molecule has 0 saturated carbocycles. The molecule has 7 heteroatoms. The van der Waals surface area contributed by atoms with Gasteiger partial charge in [-0.1, -0.05) is 36.4 Å². The van der Waals surface area contributed by atoms with Crippen LogP contribution in [0.1, 0.15) is 38.3 Å². The molecule has 1 N–H and O–H groups in total. The van der Waals surface area contributed by atoms with Crippen molar-refractivity contribution in [1.82, 2.24) is 20.0 Å². The summed E-state index contributed by atoms with van der Waals surface area (Å²) in [6.07, 6.45) is 0.0897. The Morgan fingerprint density at radius 3 is 2.23 bits per heavy atom. The van der Waals surface area contributed by atoms with Crippen molar-refractivity contribution < 1.29 is 14.4 Å². The van der Waals surface area contributed by atoms with Gasteiger partial charge in [0, 0.05) is 52.2 Å². The fourth-order valence-corrected chi connectivity index (χ4v) is 4.05. The van der Waals surface area contributed by atoms with Gasteiger partial charge in [-0.15, -0.1) is 0 Å². The molecule has 0 bridgehead atoms. The van der Waals surface area contributed by atoms with Crippen molar-refractivity contribution >= 4 is 17.7 Å². The Hall–Kier alpha value is -3.03. The maximum Gasteiger partial charge on any atom is 0.261 e. The molecule has 2 aromatic rings. The Balaban J connectivity index is 1.25. The van der Waals surface area contributed by atoms with Crippen LogP contribution in [-0.4, -0.2) is 72.2 Å². The number of rotatable bonds is 7. The first-order valence-electron chi connectivity index (χ1n) is 10.7. The molecule has 4 rings (SSSR count). The van der Waals surface area contributed by atoms with Gasteiger partial charge in [0.2, 0.25) is 5.91 Å². The number of amides is 3. The highest BCUT2D eigenvalue weighted by Gasteiger charge is 2.34.